The predicted octanol–water partition coefficient (Wildman–Crippen LogP) is 4.55. The van der Waals surface area contributed by atoms with E-state index in [1.165, 1.54) is 44.9 Å². The number of hydrogen-bond acceptors (Lipinski definition) is 1. The van der Waals surface area contributed by atoms with Gasteiger partial charge in [-0.05, 0) is 27.2 Å². The lowest BCUT2D eigenvalue weighted by molar-refractivity contribution is -0.0177. The van der Waals surface area contributed by atoms with Crippen LogP contribution in [0.25, 0.3) is 0 Å². The van der Waals surface area contributed by atoms with Crippen molar-refractivity contribution >= 4 is 0 Å². The fourth-order valence-corrected chi connectivity index (χ4v) is 1.79. The zero-order valence-electron chi connectivity index (χ0n) is 10.6. The maximum atomic E-state index is 5.66. The van der Waals surface area contributed by atoms with Crippen molar-refractivity contribution in [3.05, 3.63) is 0 Å². The summed E-state index contributed by atoms with van der Waals surface area (Å²) in [6, 6.07) is 0. The Bertz CT molecular complexity index is 118. The van der Waals surface area contributed by atoms with E-state index in [0.29, 0.717) is 0 Å². The highest BCUT2D eigenvalue weighted by molar-refractivity contribution is 4.67. The molecule has 0 radical (unpaired) electrons. The molecule has 0 N–H and O–H groups in total. The lowest BCUT2D eigenvalue weighted by Gasteiger charge is -2.24. The molecule has 1 heteroatoms. The molecule has 0 bridgehead atoms. The fourth-order valence-electron chi connectivity index (χ4n) is 1.79. The van der Waals surface area contributed by atoms with Gasteiger partial charge in [0.2, 0.25) is 0 Å². The Morgan fingerprint density at radius 3 is 2.00 bits per heavy atom. The molecule has 0 aliphatic heterocycles. The topological polar surface area (TPSA) is 9.23 Å². The van der Waals surface area contributed by atoms with Crippen molar-refractivity contribution in [1.82, 2.24) is 0 Å². The van der Waals surface area contributed by atoms with E-state index < -0.39 is 0 Å². The standard InChI is InChI=1S/C13H28O/c1-5-7-8-9-10-11-12-13(3,4)14-6-2/h5-12H2,1-4H3. The average molecular weight is 200 g/mol. The number of ether oxygens (including phenoxy) is 1. The van der Waals surface area contributed by atoms with Crippen molar-refractivity contribution in [3.63, 3.8) is 0 Å². The number of rotatable bonds is 9. The minimum Gasteiger partial charge on any atom is -0.376 e. The van der Waals surface area contributed by atoms with Crippen LogP contribution in [0.1, 0.15) is 72.6 Å². The molecule has 0 spiro atoms. The van der Waals surface area contributed by atoms with Crippen LogP contribution < -0.4 is 0 Å². The zero-order valence-corrected chi connectivity index (χ0v) is 10.6. The minimum absolute atomic E-state index is 0.0967. The fraction of sp³-hybridized carbons (Fsp3) is 1.00. The van der Waals surface area contributed by atoms with E-state index in [-0.39, 0.29) is 5.60 Å². The maximum Gasteiger partial charge on any atom is 0.0626 e. The monoisotopic (exact) mass is 200 g/mol. The average Bonchev–Trinajstić information content (AvgIpc) is 2.11. The molecule has 0 fully saturated rings. The van der Waals surface area contributed by atoms with Gasteiger partial charge in [-0.3, -0.25) is 0 Å². The minimum atomic E-state index is 0.0967. The van der Waals surface area contributed by atoms with Crippen LogP contribution in [0.15, 0.2) is 0 Å². The summed E-state index contributed by atoms with van der Waals surface area (Å²) < 4.78 is 5.66. The Morgan fingerprint density at radius 1 is 0.857 bits per heavy atom. The largest absolute Gasteiger partial charge is 0.376 e. The van der Waals surface area contributed by atoms with Crippen LogP contribution in [0.2, 0.25) is 0 Å². The smallest absolute Gasteiger partial charge is 0.0626 e. The third-order valence-electron chi connectivity index (χ3n) is 2.67. The second-order valence-electron chi connectivity index (χ2n) is 4.71. The molecule has 0 aliphatic carbocycles. The van der Waals surface area contributed by atoms with E-state index in [4.69, 9.17) is 4.74 Å². The van der Waals surface area contributed by atoms with Gasteiger partial charge in [-0.2, -0.15) is 0 Å². The zero-order chi connectivity index (χ0) is 10.9. The lowest BCUT2D eigenvalue weighted by atomic mass is 9.99. The van der Waals surface area contributed by atoms with Crippen molar-refractivity contribution in [3.8, 4) is 0 Å². The van der Waals surface area contributed by atoms with Crippen LogP contribution in [0.5, 0.6) is 0 Å². The summed E-state index contributed by atoms with van der Waals surface area (Å²) in [5, 5.41) is 0. The second kappa shape index (κ2) is 8.28. The van der Waals surface area contributed by atoms with Crippen LogP contribution in [-0.4, -0.2) is 12.2 Å². The molecule has 0 amide bonds. The molecule has 0 saturated heterocycles. The molecule has 0 aromatic carbocycles. The summed E-state index contributed by atoms with van der Waals surface area (Å²) in [7, 11) is 0. The first-order valence-electron chi connectivity index (χ1n) is 6.26. The first-order chi connectivity index (χ1) is 6.62. The van der Waals surface area contributed by atoms with Crippen molar-refractivity contribution in [2.45, 2.75) is 78.2 Å². The van der Waals surface area contributed by atoms with Crippen LogP contribution in [-0.2, 0) is 4.74 Å². The first-order valence-corrected chi connectivity index (χ1v) is 6.26. The van der Waals surface area contributed by atoms with E-state index in [1.807, 2.05) is 0 Å². The molecule has 0 rings (SSSR count). The number of hydrogen-bond donors (Lipinski definition) is 0. The SMILES string of the molecule is CCCCCCCCC(C)(C)OCC. The number of unbranched alkanes of at least 4 members (excludes halogenated alkanes) is 5. The maximum absolute atomic E-state index is 5.66. The van der Waals surface area contributed by atoms with Gasteiger partial charge < -0.3 is 4.74 Å². The van der Waals surface area contributed by atoms with E-state index >= 15 is 0 Å². The molecule has 1 nitrogen and oxygen atoms in total. The summed E-state index contributed by atoms with van der Waals surface area (Å²) >= 11 is 0. The molecule has 0 unspecified atom stereocenters. The molecular weight excluding hydrogens is 172 g/mol. The third-order valence-corrected chi connectivity index (χ3v) is 2.67. The summed E-state index contributed by atoms with van der Waals surface area (Å²) in [5.74, 6) is 0. The highest BCUT2D eigenvalue weighted by Gasteiger charge is 2.16. The predicted molar refractivity (Wildman–Crippen MR) is 63.7 cm³/mol. The molecule has 86 valence electrons. The van der Waals surface area contributed by atoms with E-state index in [9.17, 15) is 0 Å². The summed E-state index contributed by atoms with van der Waals surface area (Å²) in [6.07, 6.45) is 9.43. The second-order valence-corrected chi connectivity index (χ2v) is 4.71. The highest BCUT2D eigenvalue weighted by Crippen LogP contribution is 2.19. The summed E-state index contributed by atoms with van der Waals surface area (Å²) in [6.45, 7) is 9.56. The first kappa shape index (κ1) is 14.0. The molecule has 14 heavy (non-hydrogen) atoms. The van der Waals surface area contributed by atoms with E-state index in [1.54, 1.807) is 0 Å². The molecule has 0 atom stereocenters. The van der Waals surface area contributed by atoms with Gasteiger partial charge in [-0.25, -0.2) is 0 Å². The Kier molecular flexibility index (Phi) is 8.26. The van der Waals surface area contributed by atoms with Crippen LogP contribution in [0, 0.1) is 0 Å². The van der Waals surface area contributed by atoms with Crippen molar-refractivity contribution in [2.75, 3.05) is 6.61 Å². The Hall–Kier alpha value is -0.0400. The van der Waals surface area contributed by atoms with Crippen LogP contribution >= 0.6 is 0 Å². The Balaban J connectivity index is 3.26. The van der Waals surface area contributed by atoms with Crippen LogP contribution in [0.3, 0.4) is 0 Å². The van der Waals surface area contributed by atoms with Crippen molar-refractivity contribution < 1.29 is 4.74 Å². The molecule has 0 saturated carbocycles. The van der Waals surface area contributed by atoms with Gasteiger partial charge in [0.25, 0.3) is 0 Å². The van der Waals surface area contributed by atoms with Crippen molar-refractivity contribution in [2.24, 2.45) is 0 Å². The quantitative estimate of drug-likeness (QED) is 0.496. The van der Waals surface area contributed by atoms with Gasteiger partial charge in [0, 0.05) is 6.61 Å². The normalized spacial score (nSPS) is 12.0. The lowest BCUT2D eigenvalue weighted by Crippen LogP contribution is -2.23. The molecule has 0 aliphatic rings. The third kappa shape index (κ3) is 8.55. The Morgan fingerprint density at radius 2 is 1.43 bits per heavy atom. The molecular formula is C13H28O. The summed E-state index contributed by atoms with van der Waals surface area (Å²) in [4.78, 5) is 0. The summed E-state index contributed by atoms with van der Waals surface area (Å²) in [5.41, 5.74) is 0.0967. The van der Waals surface area contributed by atoms with Gasteiger partial charge in [0.15, 0.2) is 0 Å². The van der Waals surface area contributed by atoms with Crippen LogP contribution in [0.4, 0.5) is 0 Å². The highest BCUT2D eigenvalue weighted by atomic mass is 16.5. The van der Waals surface area contributed by atoms with Gasteiger partial charge in [-0.1, -0.05) is 45.4 Å². The van der Waals surface area contributed by atoms with Gasteiger partial charge in [0.05, 0.1) is 5.60 Å². The molecule has 0 heterocycles. The van der Waals surface area contributed by atoms with Gasteiger partial charge in [-0.15, -0.1) is 0 Å². The van der Waals surface area contributed by atoms with Gasteiger partial charge in [0.1, 0.15) is 0 Å². The molecule has 0 aromatic heterocycles. The Labute approximate surface area is 90.2 Å². The van der Waals surface area contributed by atoms with Crippen molar-refractivity contribution in [1.29, 1.82) is 0 Å². The molecule has 0 aromatic rings. The van der Waals surface area contributed by atoms with E-state index in [0.717, 1.165) is 6.61 Å². The van der Waals surface area contributed by atoms with Gasteiger partial charge >= 0.3 is 0 Å². The van der Waals surface area contributed by atoms with E-state index in [2.05, 4.69) is 27.7 Å².